The Morgan fingerprint density at radius 1 is 0.750 bits per heavy atom. The lowest BCUT2D eigenvalue weighted by molar-refractivity contribution is 1.75. The number of hydrogen-bond donors (Lipinski definition) is 0. The molecule has 0 N–H and O–H groups in total. The van der Waals surface area contributed by atoms with Crippen LogP contribution < -0.4 is 0 Å². The summed E-state index contributed by atoms with van der Waals surface area (Å²) in [7, 11) is 0. The highest BCUT2D eigenvalue weighted by Gasteiger charge is 2.09. The van der Waals surface area contributed by atoms with Gasteiger partial charge in [-0.05, 0) is 6.07 Å². The third kappa shape index (κ3) is 1.31. The summed E-state index contributed by atoms with van der Waals surface area (Å²) < 4.78 is 0. The number of halogens is 2. The molecule has 0 nitrogen and oxygen atoms in total. The molecular formula is C14H7Cl2. The minimum absolute atomic E-state index is 0.718. The van der Waals surface area contributed by atoms with Crippen LogP contribution in [-0.2, 0) is 0 Å². The Bertz CT molecular complexity index is 570. The van der Waals surface area contributed by atoms with Crippen molar-refractivity contribution in [3.05, 3.63) is 58.6 Å². The van der Waals surface area contributed by atoms with Crippen LogP contribution in [0.25, 0.3) is 21.5 Å². The predicted octanol–water partition coefficient (Wildman–Crippen LogP) is 5.10. The van der Waals surface area contributed by atoms with Gasteiger partial charge in [-0.3, -0.25) is 0 Å². The van der Waals surface area contributed by atoms with Gasteiger partial charge in [0, 0.05) is 21.5 Å². The zero-order chi connectivity index (χ0) is 11.1. The van der Waals surface area contributed by atoms with Gasteiger partial charge in [-0.1, -0.05) is 65.7 Å². The first-order valence-electron chi connectivity index (χ1n) is 4.95. The fraction of sp³-hybridized carbons (Fsp3) is 0. The number of fused-ring (bicyclic) bond motifs is 2. The molecule has 3 aromatic carbocycles. The van der Waals surface area contributed by atoms with Crippen molar-refractivity contribution in [1.82, 2.24) is 0 Å². The molecule has 0 amide bonds. The molecule has 0 aliphatic carbocycles. The van der Waals surface area contributed by atoms with E-state index in [-0.39, 0.29) is 0 Å². The van der Waals surface area contributed by atoms with Crippen LogP contribution in [-0.4, -0.2) is 0 Å². The molecule has 0 unspecified atom stereocenters. The Balaban J connectivity index is 2.67. The molecule has 3 rings (SSSR count). The zero-order valence-electron chi connectivity index (χ0n) is 8.30. The van der Waals surface area contributed by atoms with Crippen LogP contribution >= 0.6 is 23.2 Å². The Kier molecular flexibility index (Phi) is 2.27. The van der Waals surface area contributed by atoms with E-state index in [1.54, 1.807) is 0 Å². The maximum Gasteiger partial charge on any atom is 0.0570 e. The minimum Gasteiger partial charge on any atom is -0.0830 e. The van der Waals surface area contributed by atoms with Crippen molar-refractivity contribution in [2.45, 2.75) is 0 Å². The first-order chi connectivity index (χ1) is 7.79. The quantitative estimate of drug-likeness (QED) is 0.484. The van der Waals surface area contributed by atoms with Gasteiger partial charge in [-0.15, -0.1) is 0 Å². The van der Waals surface area contributed by atoms with E-state index >= 15 is 0 Å². The molecule has 0 heterocycles. The van der Waals surface area contributed by atoms with Crippen molar-refractivity contribution in [2.24, 2.45) is 0 Å². The monoisotopic (exact) mass is 245 g/mol. The molecule has 0 fully saturated rings. The second-order valence-corrected chi connectivity index (χ2v) is 4.39. The van der Waals surface area contributed by atoms with E-state index in [1.165, 1.54) is 0 Å². The fourth-order valence-corrected chi connectivity index (χ4v) is 2.59. The van der Waals surface area contributed by atoms with E-state index in [4.69, 9.17) is 23.2 Å². The summed E-state index contributed by atoms with van der Waals surface area (Å²) in [6, 6.07) is 16.7. The van der Waals surface area contributed by atoms with Gasteiger partial charge in [-0.25, -0.2) is 0 Å². The summed E-state index contributed by atoms with van der Waals surface area (Å²) in [6.45, 7) is 0. The van der Waals surface area contributed by atoms with Gasteiger partial charge >= 0.3 is 0 Å². The average molecular weight is 246 g/mol. The van der Waals surface area contributed by atoms with Crippen molar-refractivity contribution in [1.29, 1.82) is 0 Å². The van der Waals surface area contributed by atoms with Gasteiger partial charge in [0.05, 0.1) is 10.0 Å². The molecule has 0 bridgehead atoms. The third-order valence-electron chi connectivity index (χ3n) is 2.71. The van der Waals surface area contributed by atoms with E-state index in [1.807, 2.05) is 42.5 Å². The summed E-state index contributed by atoms with van der Waals surface area (Å²) in [5, 5.41) is 5.26. The van der Waals surface area contributed by atoms with Gasteiger partial charge in [0.25, 0.3) is 0 Å². The van der Waals surface area contributed by atoms with Crippen LogP contribution in [0.4, 0.5) is 0 Å². The van der Waals surface area contributed by atoms with Crippen LogP contribution in [0.5, 0.6) is 0 Å². The zero-order valence-corrected chi connectivity index (χ0v) is 9.81. The Labute approximate surface area is 103 Å². The standard InChI is InChI=1S/C14H7Cl2/c15-13-9-5-1-2-6-10(9)14(16)12-8-4-3-7-11(12)13/h1-7H. The summed E-state index contributed by atoms with van der Waals surface area (Å²) in [5.74, 6) is 0. The highest BCUT2D eigenvalue weighted by atomic mass is 35.5. The molecule has 0 aliphatic rings. The molecule has 16 heavy (non-hydrogen) atoms. The highest BCUT2D eigenvalue weighted by Crippen LogP contribution is 2.38. The largest absolute Gasteiger partial charge is 0.0830 e. The van der Waals surface area contributed by atoms with Crippen LogP contribution in [0.3, 0.4) is 0 Å². The molecule has 0 atom stereocenters. The molecule has 0 saturated carbocycles. The second-order valence-electron chi connectivity index (χ2n) is 3.63. The Morgan fingerprint density at radius 2 is 1.38 bits per heavy atom. The lowest BCUT2D eigenvalue weighted by atomic mass is 10.0. The first-order valence-corrected chi connectivity index (χ1v) is 5.71. The lowest BCUT2D eigenvalue weighted by Gasteiger charge is -2.08. The summed E-state index contributed by atoms with van der Waals surface area (Å²) >= 11 is 12.7. The summed E-state index contributed by atoms with van der Waals surface area (Å²) in [5.41, 5.74) is 0. The smallest absolute Gasteiger partial charge is 0.0570 e. The molecule has 2 heteroatoms. The summed E-state index contributed by atoms with van der Waals surface area (Å²) in [6.07, 6.45) is 0. The van der Waals surface area contributed by atoms with Crippen LogP contribution in [0.2, 0.25) is 10.0 Å². The van der Waals surface area contributed by atoms with E-state index < -0.39 is 0 Å². The number of hydrogen-bond acceptors (Lipinski definition) is 0. The molecule has 0 aliphatic heterocycles. The molecule has 1 radical (unpaired) electrons. The maximum absolute atomic E-state index is 6.37. The van der Waals surface area contributed by atoms with Crippen molar-refractivity contribution < 1.29 is 0 Å². The molecule has 0 spiro atoms. The Morgan fingerprint density at radius 3 is 2.12 bits per heavy atom. The molecular weight excluding hydrogens is 239 g/mol. The summed E-state index contributed by atoms with van der Waals surface area (Å²) in [4.78, 5) is 0. The van der Waals surface area contributed by atoms with Crippen molar-refractivity contribution in [3.8, 4) is 0 Å². The number of rotatable bonds is 0. The van der Waals surface area contributed by atoms with E-state index in [9.17, 15) is 0 Å². The van der Waals surface area contributed by atoms with Crippen LogP contribution in [0, 0.1) is 6.07 Å². The van der Waals surface area contributed by atoms with Gasteiger partial charge in [0.1, 0.15) is 0 Å². The SMILES string of the molecule is Clc1c2[c]cccc2c(Cl)c2ccccc12. The molecule has 77 valence electrons. The van der Waals surface area contributed by atoms with E-state index in [0.717, 1.165) is 31.6 Å². The topological polar surface area (TPSA) is 0 Å². The van der Waals surface area contributed by atoms with Crippen molar-refractivity contribution >= 4 is 44.7 Å². The Hall–Kier alpha value is -1.24. The van der Waals surface area contributed by atoms with Crippen LogP contribution in [0.15, 0.2) is 42.5 Å². The first kappa shape index (κ1) is 9.95. The predicted molar refractivity (Wildman–Crippen MR) is 70.3 cm³/mol. The lowest BCUT2D eigenvalue weighted by Crippen LogP contribution is -1.81. The van der Waals surface area contributed by atoms with Gasteiger partial charge in [0.15, 0.2) is 0 Å². The normalized spacial score (nSPS) is 11.1. The number of benzene rings is 3. The van der Waals surface area contributed by atoms with Crippen molar-refractivity contribution in [3.63, 3.8) is 0 Å². The van der Waals surface area contributed by atoms with Gasteiger partial charge in [0.2, 0.25) is 0 Å². The third-order valence-corrected chi connectivity index (χ3v) is 3.51. The molecule has 0 aromatic heterocycles. The fourth-order valence-electron chi connectivity index (χ4n) is 1.95. The average Bonchev–Trinajstić information content (AvgIpc) is 2.36. The van der Waals surface area contributed by atoms with Crippen molar-refractivity contribution in [2.75, 3.05) is 0 Å². The highest BCUT2D eigenvalue weighted by molar-refractivity contribution is 6.47. The molecule has 3 aromatic rings. The van der Waals surface area contributed by atoms with E-state index in [2.05, 4.69) is 6.07 Å². The van der Waals surface area contributed by atoms with Gasteiger partial charge < -0.3 is 0 Å². The van der Waals surface area contributed by atoms with Gasteiger partial charge in [-0.2, -0.15) is 0 Å². The molecule has 0 saturated heterocycles. The minimum atomic E-state index is 0.718. The van der Waals surface area contributed by atoms with E-state index in [0.29, 0.717) is 0 Å². The second kappa shape index (κ2) is 3.65. The maximum atomic E-state index is 6.37. The van der Waals surface area contributed by atoms with Crippen LogP contribution in [0.1, 0.15) is 0 Å².